The van der Waals surface area contributed by atoms with Crippen molar-refractivity contribution in [1.29, 1.82) is 0 Å². The molecule has 1 aromatic rings. The molecule has 8 nitrogen and oxygen atoms in total. The van der Waals surface area contributed by atoms with E-state index in [9.17, 15) is 4.79 Å². The SMILES string of the molecule is CC(C)(C)OC(=O)N1CC=C(Cl)C=c2[nH]c3c(c21)CN=NC=3C1CCC(OC2CCOCC2)CC1. The van der Waals surface area contributed by atoms with Gasteiger partial charge in [0.05, 0.1) is 40.8 Å². The average molecular weight is 503 g/mol. The minimum atomic E-state index is -0.598. The van der Waals surface area contributed by atoms with Gasteiger partial charge < -0.3 is 19.2 Å². The van der Waals surface area contributed by atoms with Gasteiger partial charge in [0.1, 0.15) is 5.60 Å². The van der Waals surface area contributed by atoms with E-state index in [0.29, 0.717) is 36.2 Å². The quantitative estimate of drug-likeness (QED) is 0.659. The minimum absolute atomic E-state index is 0.301. The molecule has 1 N–H and O–H groups in total. The Morgan fingerprint density at radius 1 is 1.14 bits per heavy atom. The fraction of sp³-hybridized carbons (Fsp3) is 0.654. The molecule has 0 radical (unpaired) electrons. The second-order valence-electron chi connectivity index (χ2n) is 10.8. The normalized spacial score (nSPS) is 25.3. The van der Waals surface area contributed by atoms with Crippen molar-refractivity contribution in [3.05, 3.63) is 27.4 Å². The molecule has 0 aromatic carbocycles. The lowest BCUT2D eigenvalue weighted by Crippen LogP contribution is -2.39. The highest BCUT2D eigenvalue weighted by molar-refractivity contribution is 6.34. The molecule has 9 heteroatoms. The molecule has 1 aliphatic carbocycles. The number of aromatic amines is 1. The Kier molecular flexibility index (Phi) is 7.06. The van der Waals surface area contributed by atoms with Gasteiger partial charge in [-0.3, -0.25) is 4.90 Å². The zero-order chi connectivity index (χ0) is 24.6. The molecule has 0 bridgehead atoms. The molecule has 0 unspecified atom stereocenters. The van der Waals surface area contributed by atoms with E-state index in [1.165, 1.54) is 0 Å². The molecule has 0 atom stereocenters. The number of amides is 1. The first-order valence-corrected chi connectivity index (χ1v) is 13.1. The second kappa shape index (κ2) is 10.1. The third-order valence-corrected chi connectivity index (χ3v) is 7.28. The minimum Gasteiger partial charge on any atom is -0.443 e. The smallest absolute Gasteiger partial charge is 0.415 e. The highest BCUT2D eigenvalue weighted by Gasteiger charge is 2.32. The third-order valence-electron chi connectivity index (χ3n) is 7.01. The van der Waals surface area contributed by atoms with Gasteiger partial charge in [0.2, 0.25) is 0 Å². The van der Waals surface area contributed by atoms with Crippen LogP contribution < -0.4 is 15.6 Å². The summed E-state index contributed by atoms with van der Waals surface area (Å²) in [6, 6.07) is 0. The van der Waals surface area contributed by atoms with Crippen LogP contribution in [0.3, 0.4) is 0 Å². The van der Waals surface area contributed by atoms with Crippen LogP contribution in [0.2, 0.25) is 0 Å². The number of hydrogen-bond donors (Lipinski definition) is 1. The predicted molar refractivity (Wildman–Crippen MR) is 135 cm³/mol. The van der Waals surface area contributed by atoms with Gasteiger partial charge in [-0.25, -0.2) is 4.79 Å². The number of anilines is 1. The van der Waals surface area contributed by atoms with Crippen LogP contribution in [0, 0.1) is 5.92 Å². The summed E-state index contributed by atoms with van der Waals surface area (Å²) in [6.45, 7) is 7.96. The summed E-state index contributed by atoms with van der Waals surface area (Å²) in [5, 5.41) is 11.4. The fourth-order valence-electron chi connectivity index (χ4n) is 5.36. The number of fused-ring (bicyclic) bond motifs is 3. The molecular formula is C26H35ClN4O4. The Hall–Kier alpha value is -2.16. The molecule has 1 saturated heterocycles. The van der Waals surface area contributed by atoms with E-state index < -0.39 is 11.7 Å². The summed E-state index contributed by atoms with van der Waals surface area (Å²) in [5.41, 5.74) is 2.14. The molecule has 4 aliphatic rings. The summed E-state index contributed by atoms with van der Waals surface area (Å²) in [4.78, 5) is 18.3. The van der Waals surface area contributed by atoms with Crippen molar-refractivity contribution in [2.75, 3.05) is 24.7 Å². The summed E-state index contributed by atoms with van der Waals surface area (Å²) >= 11 is 6.43. The summed E-state index contributed by atoms with van der Waals surface area (Å²) < 4.78 is 17.5. The fourth-order valence-corrected chi connectivity index (χ4v) is 5.54. The van der Waals surface area contributed by atoms with Gasteiger partial charge in [0.15, 0.2) is 0 Å². The molecule has 4 heterocycles. The number of hydrogen-bond acceptors (Lipinski definition) is 6. The van der Waals surface area contributed by atoms with E-state index in [1.807, 2.05) is 32.9 Å². The van der Waals surface area contributed by atoms with Crippen LogP contribution in [0.25, 0.3) is 11.8 Å². The van der Waals surface area contributed by atoms with E-state index in [2.05, 4.69) is 15.2 Å². The topological polar surface area (TPSA) is 88.5 Å². The lowest BCUT2D eigenvalue weighted by Gasteiger charge is -2.33. The van der Waals surface area contributed by atoms with Crippen LogP contribution in [0.1, 0.15) is 64.9 Å². The molecule has 1 aromatic heterocycles. The average Bonchev–Trinajstić information content (AvgIpc) is 3.08. The van der Waals surface area contributed by atoms with Gasteiger partial charge in [-0.1, -0.05) is 11.6 Å². The second-order valence-corrected chi connectivity index (χ2v) is 11.2. The third kappa shape index (κ3) is 5.49. The summed E-state index contributed by atoms with van der Waals surface area (Å²) in [5.74, 6) is 0.302. The zero-order valence-electron chi connectivity index (χ0n) is 20.8. The monoisotopic (exact) mass is 502 g/mol. The van der Waals surface area contributed by atoms with Gasteiger partial charge in [0, 0.05) is 36.3 Å². The highest BCUT2D eigenvalue weighted by Crippen LogP contribution is 2.35. The number of allylic oxidation sites excluding steroid dienone is 1. The number of carbonyl (C=O) groups is 1. The Morgan fingerprint density at radius 2 is 1.86 bits per heavy atom. The Morgan fingerprint density at radius 3 is 2.57 bits per heavy atom. The molecule has 3 aliphatic heterocycles. The lowest BCUT2D eigenvalue weighted by molar-refractivity contribution is -0.0801. The van der Waals surface area contributed by atoms with Crippen molar-refractivity contribution in [2.45, 2.75) is 83.6 Å². The Balaban J connectivity index is 1.42. The standard InChI is InChI=1S/C26H35ClN4O4/c1-26(2,3)35-25(32)31-11-8-17(27)14-21-24(31)20-15-28-30-22(23(20)29-21)16-4-6-18(7-5-16)34-19-9-12-33-13-10-19/h8,14,16,18-19,29H,4-7,9-13,15H2,1-3H3. The van der Waals surface area contributed by atoms with Gasteiger partial charge in [0.25, 0.3) is 0 Å². The van der Waals surface area contributed by atoms with Crippen LogP contribution in [0.5, 0.6) is 0 Å². The number of nitrogens with one attached hydrogen (secondary N) is 1. The van der Waals surface area contributed by atoms with Gasteiger partial charge in [-0.15, -0.1) is 0 Å². The van der Waals surface area contributed by atoms with Crippen LogP contribution >= 0.6 is 11.6 Å². The number of aromatic nitrogens is 1. The van der Waals surface area contributed by atoms with E-state index in [0.717, 1.165) is 79.4 Å². The highest BCUT2D eigenvalue weighted by atomic mass is 35.5. The number of H-pyrrole nitrogens is 1. The maximum atomic E-state index is 13.1. The van der Waals surface area contributed by atoms with Gasteiger partial charge in [-0.05, 0) is 71.4 Å². The van der Waals surface area contributed by atoms with Crippen molar-refractivity contribution in [1.82, 2.24) is 4.98 Å². The maximum Gasteiger partial charge on any atom is 0.415 e. The van der Waals surface area contributed by atoms with Crippen molar-refractivity contribution < 1.29 is 19.0 Å². The number of halogens is 1. The Labute approximate surface area is 211 Å². The number of azo groups is 1. The molecule has 1 saturated carbocycles. The van der Waals surface area contributed by atoms with Crippen LogP contribution in [0.4, 0.5) is 10.5 Å². The number of carbonyl (C=O) groups excluding carboxylic acids is 1. The van der Waals surface area contributed by atoms with Crippen molar-refractivity contribution in [2.24, 2.45) is 16.1 Å². The van der Waals surface area contributed by atoms with E-state index in [1.54, 1.807) is 4.90 Å². The molecular weight excluding hydrogens is 468 g/mol. The van der Waals surface area contributed by atoms with Crippen molar-refractivity contribution in [3.63, 3.8) is 0 Å². The zero-order valence-corrected chi connectivity index (χ0v) is 21.6. The molecule has 2 fully saturated rings. The molecule has 1 amide bonds. The van der Waals surface area contributed by atoms with Gasteiger partial charge in [-0.2, -0.15) is 10.2 Å². The van der Waals surface area contributed by atoms with Crippen molar-refractivity contribution >= 4 is 35.2 Å². The van der Waals surface area contributed by atoms with E-state index in [4.69, 9.17) is 25.8 Å². The van der Waals surface area contributed by atoms with Gasteiger partial charge >= 0.3 is 6.09 Å². The molecule has 35 heavy (non-hydrogen) atoms. The van der Waals surface area contributed by atoms with E-state index in [-0.39, 0.29) is 0 Å². The molecule has 0 spiro atoms. The van der Waals surface area contributed by atoms with Crippen LogP contribution in [-0.2, 0) is 20.8 Å². The van der Waals surface area contributed by atoms with E-state index >= 15 is 0 Å². The first-order chi connectivity index (χ1) is 16.8. The lowest BCUT2D eigenvalue weighted by atomic mass is 9.84. The predicted octanol–water partition coefficient (Wildman–Crippen LogP) is 4.50. The van der Waals surface area contributed by atoms with Crippen LogP contribution in [0.15, 0.2) is 21.3 Å². The Bertz CT molecular complexity index is 1140. The summed E-state index contributed by atoms with van der Waals surface area (Å²) in [6.07, 6.45) is 9.94. The molecule has 5 rings (SSSR count). The largest absolute Gasteiger partial charge is 0.443 e. The first kappa shape index (κ1) is 24.5. The number of nitrogens with zero attached hydrogens (tertiary/aromatic N) is 3. The maximum absolute atomic E-state index is 13.1. The molecule has 190 valence electrons. The van der Waals surface area contributed by atoms with Crippen LogP contribution in [-0.4, -0.2) is 48.6 Å². The summed E-state index contributed by atoms with van der Waals surface area (Å²) in [7, 11) is 0. The van der Waals surface area contributed by atoms with Crippen molar-refractivity contribution in [3.8, 4) is 0 Å². The first-order valence-electron chi connectivity index (χ1n) is 12.7. The number of ether oxygens (including phenoxy) is 3. The number of rotatable bonds is 3.